The molecule has 0 aliphatic carbocycles. The van der Waals surface area contributed by atoms with Crippen molar-refractivity contribution in [1.29, 1.82) is 0 Å². The summed E-state index contributed by atoms with van der Waals surface area (Å²) in [6.45, 7) is 4.82. The van der Waals surface area contributed by atoms with Crippen LogP contribution in [0.4, 0.5) is 5.69 Å². The van der Waals surface area contributed by atoms with Crippen LogP contribution >= 0.6 is 11.3 Å². The zero-order chi connectivity index (χ0) is 14.5. The fourth-order valence-corrected chi connectivity index (χ4v) is 3.26. The summed E-state index contributed by atoms with van der Waals surface area (Å²) in [7, 11) is 0. The molecule has 112 valence electrons. The van der Waals surface area contributed by atoms with Crippen LogP contribution in [0.15, 0.2) is 35.8 Å². The Morgan fingerprint density at radius 1 is 1.43 bits per heavy atom. The molecule has 4 nitrogen and oxygen atoms in total. The second-order valence-electron chi connectivity index (χ2n) is 5.42. The molecule has 0 bridgehead atoms. The number of hydrogen-bond acceptors (Lipinski definition) is 5. The van der Waals surface area contributed by atoms with E-state index >= 15 is 0 Å². The van der Waals surface area contributed by atoms with Crippen molar-refractivity contribution in [2.24, 2.45) is 0 Å². The standard InChI is InChI=1S/C16H21N3OS/c1-12(10-15-11-20-8-6-17-15)19-14-4-2-13(3-5-14)16-18-7-9-21-16/h2-5,7,9,12,15,17,19H,6,8,10-11H2,1H3. The summed E-state index contributed by atoms with van der Waals surface area (Å²) in [6.07, 6.45) is 2.90. The summed E-state index contributed by atoms with van der Waals surface area (Å²) < 4.78 is 5.49. The molecule has 0 spiro atoms. The molecule has 3 rings (SSSR count). The molecule has 0 saturated carbocycles. The highest BCUT2D eigenvalue weighted by Crippen LogP contribution is 2.23. The number of morpholine rings is 1. The summed E-state index contributed by atoms with van der Waals surface area (Å²) >= 11 is 1.67. The predicted molar refractivity (Wildman–Crippen MR) is 87.9 cm³/mol. The van der Waals surface area contributed by atoms with Crippen molar-refractivity contribution in [2.45, 2.75) is 25.4 Å². The second kappa shape index (κ2) is 7.02. The average Bonchev–Trinajstić information content (AvgIpc) is 3.03. The van der Waals surface area contributed by atoms with E-state index in [0.717, 1.165) is 36.9 Å². The molecule has 1 aromatic heterocycles. The first kappa shape index (κ1) is 14.5. The molecular weight excluding hydrogens is 282 g/mol. The van der Waals surface area contributed by atoms with Crippen LogP contribution in [-0.2, 0) is 4.74 Å². The Morgan fingerprint density at radius 2 is 2.29 bits per heavy atom. The van der Waals surface area contributed by atoms with E-state index in [9.17, 15) is 0 Å². The van der Waals surface area contributed by atoms with Gasteiger partial charge in [-0.25, -0.2) is 4.98 Å². The van der Waals surface area contributed by atoms with Gasteiger partial charge in [0.2, 0.25) is 0 Å². The van der Waals surface area contributed by atoms with Gasteiger partial charge in [-0.15, -0.1) is 11.3 Å². The van der Waals surface area contributed by atoms with Crippen LogP contribution in [0.3, 0.4) is 0 Å². The van der Waals surface area contributed by atoms with Crippen molar-refractivity contribution in [2.75, 3.05) is 25.1 Å². The minimum atomic E-state index is 0.412. The van der Waals surface area contributed by atoms with Crippen molar-refractivity contribution >= 4 is 17.0 Å². The van der Waals surface area contributed by atoms with Crippen LogP contribution in [0.2, 0.25) is 0 Å². The first-order valence-electron chi connectivity index (χ1n) is 7.39. The molecule has 2 heterocycles. The van der Waals surface area contributed by atoms with Gasteiger partial charge >= 0.3 is 0 Å². The van der Waals surface area contributed by atoms with E-state index in [2.05, 4.69) is 46.8 Å². The van der Waals surface area contributed by atoms with Gasteiger partial charge in [-0.2, -0.15) is 0 Å². The topological polar surface area (TPSA) is 46.2 Å². The Kier molecular flexibility index (Phi) is 4.85. The SMILES string of the molecule is CC(CC1COCCN1)Nc1ccc(-c2nccs2)cc1. The van der Waals surface area contributed by atoms with Crippen molar-refractivity contribution in [3.05, 3.63) is 35.8 Å². The number of thiazole rings is 1. The monoisotopic (exact) mass is 303 g/mol. The molecular formula is C16H21N3OS. The van der Waals surface area contributed by atoms with E-state index in [0.29, 0.717) is 12.1 Å². The zero-order valence-corrected chi connectivity index (χ0v) is 13.0. The molecule has 2 unspecified atom stereocenters. The fraction of sp³-hybridized carbons (Fsp3) is 0.438. The lowest BCUT2D eigenvalue weighted by atomic mass is 10.1. The van der Waals surface area contributed by atoms with Crippen LogP contribution in [-0.4, -0.2) is 36.8 Å². The highest BCUT2D eigenvalue weighted by molar-refractivity contribution is 7.13. The van der Waals surface area contributed by atoms with E-state index in [-0.39, 0.29) is 0 Å². The van der Waals surface area contributed by atoms with E-state index < -0.39 is 0 Å². The van der Waals surface area contributed by atoms with Crippen LogP contribution in [0.1, 0.15) is 13.3 Å². The largest absolute Gasteiger partial charge is 0.383 e. The van der Waals surface area contributed by atoms with Gasteiger partial charge in [0.05, 0.1) is 13.2 Å². The average molecular weight is 303 g/mol. The van der Waals surface area contributed by atoms with Gasteiger partial charge in [0.1, 0.15) is 5.01 Å². The summed E-state index contributed by atoms with van der Waals surface area (Å²) in [5, 5.41) is 10.1. The Hall–Kier alpha value is -1.43. The highest BCUT2D eigenvalue weighted by atomic mass is 32.1. The van der Waals surface area contributed by atoms with Gasteiger partial charge in [0.15, 0.2) is 0 Å². The van der Waals surface area contributed by atoms with E-state index in [1.165, 1.54) is 5.56 Å². The minimum Gasteiger partial charge on any atom is -0.383 e. The number of ether oxygens (including phenoxy) is 1. The molecule has 0 amide bonds. The van der Waals surface area contributed by atoms with E-state index in [1.807, 2.05) is 11.6 Å². The van der Waals surface area contributed by atoms with Crippen LogP contribution in [0.25, 0.3) is 10.6 Å². The van der Waals surface area contributed by atoms with Crippen molar-refractivity contribution in [3.63, 3.8) is 0 Å². The Morgan fingerprint density at radius 3 is 2.95 bits per heavy atom. The zero-order valence-electron chi connectivity index (χ0n) is 12.2. The summed E-state index contributed by atoms with van der Waals surface area (Å²) in [4.78, 5) is 4.33. The molecule has 21 heavy (non-hydrogen) atoms. The molecule has 1 saturated heterocycles. The van der Waals surface area contributed by atoms with E-state index in [1.54, 1.807) is 11.3 Å². The molecule has 1 aliphatic rings. The number of benzene rings is 1. The number of aromatic nitrogens is 1. The number of rotatable bonds is 5. The summed E-state index contributed by atoms with van der Waals surface area (Å²) in [6, 6.07) is 9.35. The maximum Gasteiger partial charge on any atom is 0.123 e. The van der Waals surface area contributed by atoms with E-state index in [4.69, 9.17) is 4.74 Å². The van der Waals surface area contributed by atoms with Gasteiger partial charge in [-0.05, 0) is 37.6 Å². The quantitative estimate of drug-likeness (QED) is 0.891. The number of anilines is 1. The lowest BCUT2D eigenvalue weighted by Crippen LogP contribution is -2.43. The van der Waals surface area contributed by atoms with Crippen molar-refractivity contribution in [1.82, 2.24) is 10.3 Å². The Labute approximate surface area is 129 Å². The summed E-state index contributed by atoms with van der Waals surface area (Å²) in [5.74, 6) is 0. The van der Waals surface area contributed by atoms with Gasteiger partial charge in [0, 0.05) is 41.5 Å². The third kappa shape index (κ3) is 4.03. The van der Waals surface area contributed by atoms with Gasteiger partial charge < -0.3 is 15.4 Å². The lowest BCUT2D eigenvalue weighted by molar-refractivity contribution is 0.0731. The predicted octanol–water partition coefficient (Wildman–Crippen LogP) is 2.99. The van der Waals surface area contributed by atoms with Crippen molar-refractivity contribution < 1.29 is 4.74 Å². The highest BCUT2D eigenvalue weighted by Gasteiger charge is 2.16. The molecule has 1 fully saturated rings. The van der Waals surface area contributed by atoms with Crippen LogP contribution < -0.4 is 10.6 Å². The Bertz CT molecular complexity index is 535. The van der Waals surface area contributed by atoms with Gasteiger partial charge in [-0.3, -0.25) is 0 Å². The molecule has 1 aromatic carbocycles. The van der Waals surface area contributed by atoms with Gasteiger partial charge in [0.25, 0.3) is 0 Å². The molecule has 2 aromatic rings. The third-order valence-corrected chi connectivity index (χ3v) is 4.44. The lowest BCUT2D eigenvalue weighted by Gasteiger charge is -2.27. The van der Waals surface area contributed by atoms with Crippen LogP contribution in [0.5, 0.6) is 0 Å². The first-order chi connectivity index (χ1) is 10.3. The minimum absolute atomic E-state index is 0.412. The summed E-state index contributed by atoms with van der Waals surface area (Å²) in [5.41, 5.74) is 2.32. The van der Waals surface area contributed by atoms with Gasteiger partial charge in [-0.1, -0.05) is 0 Å². The molecule has 2 atom stereocenters. The number of nitrogens with zero attached hydrogens (tertiary/aromatic N) is 1. The second-order valence-corrected chi connectivity index (χ2v) is 6.32. The smallest absolute Gasteiger partial charge is 0.123 e. The molecule has 0 radical (unpaired) electrons. The molecule has 2 N–H and O–H groups in total. The third-order valence-electron chi connectivity index (χ3n) is 3.61. The van der Waals surface area contributed by atoms with Crippen molar-refractivity contribution in [3.8, 4) is 10.6 Å². The Balaban J connectivity index is 1.54. The fourth-order valence-electron chi connectivity index (χ4n) is 2.62. The maximum atomic E-state index is 5.49. The number of nitrogens with one attached hydrogen (secondary N) is 2. The number of hydrogen-bond donors (Lipinski definition) is 2. The first-order valence-corrected chi connectivity index (χ1v) is 8.27. The normalized spacial score (nSPS) is 20.1. The van der Waals surface area contributed by atoms with Crippen LogP contribution in [0, 0.1) is 0 Å². The molecule has 5 heteroatoms. The molecule has 1 aliphatic heterocycles. The maximum absolute atomic E-state index is 5.49.